The molecule has 23 heavy (non-hydrogen) atoms. The Labute approximate surface area is 132 Å². The Bertz CT molecular complexity index is 780. The van der Waals surface area contributed by atoms with Crippen LogP contribution in [-0.4, -0.2) is 25.7 Å². The minimum Gasteiger partial charge on any atom is -0.493 e. The number of imide groups is 1. The molecule has 0 spiro atoms. The molecule has 1 N–H and O–H groups in total. The zero-order chi connectivity index (χ0) is 16.8. The second kappa shape index (κ2) is 7.44. The molecule has 0 saturated heterocycles. The highest BCUT2D eigenvalue weighted by Gasteiger charge is 2.18. The highest BCUT2D eigenvalue weighted by Crippen LogP contribution is 2.23. The van der Waals surface area contributed by atoms with Crippen LogP contribution in [0.2, 0.25) is 0 Å². The van der Waals surface area contributed by atoms with Crippen LogP contribution in [0.5, 0.6) is 5.75 Å². The molecule has 0 bridgehead atoms. The van der Waals surface area contributed by atoms with Crippen LogP contribution in [0, 0.1) is 0 Å². The first kappa shape index (κ1) is 16.5. The van der Waals surface area contributed by atoms with Crippen molar-refractivity contribution in [2.75, 3.05) is 13.7 Å². The van der Waals surface area contributed by atoms with E-state index in [2.05, 4.69) is 0 Å². The van der Waals surface area contributed by atoms with Crippen LogP contribution in [0.25, 0.3) is 11.0 Å². The SMILES string of the molecule is CCCCOC(=O)NC(=O)c1coc2c(OC)cccc2c1=O. The van der Waals surface area contributed by atoms with Crippen molar-refractivity contribution in [3.8, 4) is 5.75 Å². The van der Waals surface area contributed by atoms with Gasteiger partial charge in [-0.25, -0.2) is 4.79 Å². The minimum absolute atomic E-state index is 0.191. The van der Waals surface area contributed by atoms with Gasteiger partial charge in [0, 0.05) is 0 Å². The molecule has 0 saturated carbocycles. The average Bonchev–Trinajstić information content (AvgIpc) is 2.54. The molecule has 2 aromatic rings. The van der Waals surface area contributed by atoms with Gasteiger partial charge in [0.15, 0.2) is 11.3 Å². The van der Waals surface area contributed by atoms with Crippen molar-refractivity contribution < 1.29 is 23.5 Å². The van der Waals surface area contributed by atoms with Crippen LogP contribution >= 0.6 is 0 Å². The number of methoxy groups -OCH3 is 1. The van der Waals surface area contributed by atoms with E-state index in [-0.39, 0.29) is 23.1 Å². The van der Waals surface area contributed by atoms with E-state index in [0.29, 0.717) is 12.2 Å². The lowest BCUT2D eigenvalue weighted by molar-refractivity contribution is 0.0916. The Morgan fingerprint density at radius 3 is 2.78 bits per heavy atom. The van der Waals surface area contributed by atoms with Crippen molar-refractivity contribution in [3.05, 3.63) is 40.2 Å². The zero-order valence-corrected chi connectivity index (χ0v) is 12.9. The van der Waals surface area contributed by atoms with Gasteiger partial charge in [-0.05, 0) is 18.6 Å². The normalized spacial score (nSPS) is 10.3. The van der Waals surface area contributed by atoms with E-state index in [9.17, 15) is 14.4 Å². The minimum atomic E-state index is -0.895. The number of carbonyl (C=O) groups excluding carboxylic acids is 2. The predicted octanol–water partition coefficient (Wildman–Crippen LogP) is 2.47. The number of unbranched alkanes of at least 4 members (excludes halogenated alkanes) is 1. The molecule has 0 aliphatic heterocycles. The molecule has 1 heterocycles. The summed E-state index contributed by atoms with van der Waals surface area (Å²) in [7, 11) is 1.45. The third-order valence-electron chi connectivity index (χ3n) is 3.17. The molecule has 0 unspecified atom stereocenters. The number of ether oxygens (including phenoxy) is 2. The smallest absolute Gasteiger partial charge is 0.414 e. The number of hydrogen-bond donors (Lipinski definition) is 1. The fourth-order valence-corrected chi connectivity index (χ4v) is 1.96. The van der Waals surface area contributed by atoms with E-state index >= 15 is 0 Å². The zero-order valence-electron chi connectivity index (χ0n) is 12.9. The average molecular weight is 319 g/mol. The molecular formula is C16H17NO6. The maximum atomic E-state index is 12.4. The lowest BCUT2D eigenvalue weighted by atomic mass is 10.1. The van der Waals surface area contributed by atoms with Gasteiger partial charge in [-0.2, -0.15) is 0 Å². The summed E-state index contributed by atoms with van der Waals surface area (Å²) in [6, 6.07) is 4.76. The van der Waals surface area contributed by atoms with Gasteiger partial charge in [0.2, 0.25) is 5.43 Å². The van der Waals surface area contributed by atoms with Gasteiger partial charge in [0.1, 0.15) is 11.8 Å². The highest BCUT2D eigenvalue weighted by molar-refractivity contribution is 6.04. The van der Waals surface area contributed by atoms with E-state index in [4.69, 9.17) is 13.9 Å². The Morgan fingerprint density at radius 1 is 1.30 bits per heavy atom. The Kier molecular flexibility index (Phi) is 5.35. The Hall–Kier alpha value is -2.83. The van der Waals surface area contributed by atoms with Gasteiger partial charge in [0.25, 0.3) is 5.91 Å². The van der Waals surface area contributed by atoms with Gasteiger partial charge >= 0.3 is 6.09 Å². The summed E-state index contributed by atoms with van der Waals surface area (Å²) in [5, 5.41) is 2.19. The van der Waals surface area contributed by atoms with Gasteiger partial charge in [-0.3, -0.25) is 14.9 Å². The molecule has 2 rings (SSSR count). The van der Waals surface area contributed by atoms with Gasteiger partial charge < -0.3 is 13.9 Å². The molecular weight excluding hydrogens is 302 g/mol. The lowest BCUT2D eigenvalue weighted by Crippen LogP contribution is -2.34. The number of fused-ring (bicyclic) bond motifs is 1. The summed E-state index contributed by atoms with van der Waals surface area (Å²) in [5.41, 5.74) is -0.593. The first-order chi connectivity index (χ1) is 11.1. The third kappa shape index (κ3) is 3.68. The molecule has 1 aromatic heterocycles. The van der Waals surface area contributed by atoms with Gasteiger partial charge in [-0.1, -0.05) is 19.4 Å². The van der Waals surface area contributed by atoms with Crippen molar-refractivity contribution in [2.24, 2.45) is 0 Å². The maximum absolute atomic E-state index is 12.4. The van der Waals surface area contributed by atoms with Crippen molar-refractivity contribution in [2.45, 2.75) is 19.8 Å². The fraction of sp³-hybridized carbons (Fsp3) is 0.312. The monoisotopic (exact) mass is 319 g/mol. The number of alkyl carbamates (subject to hydrolysis) is 1. The third-order valence-corrected chi connectivity index (χ3v) is 3.17. The topological polar surface area (TPSA) is 94.8 Å². The Balaban J connectivity index is 2.23. The summed E-state index contributed by atoms with van der Waals surface area (Å²) >= 11 is 0. The number of carbonyl (C=O) groups is 2. The van der Waals surface area contributed by atoms with E-state index in [0.717, 1.165) is 12.7 Å². The summed E-state index contributed by atoms with van der Waals surface area (Å²) in [4.78, 5) is 35.8. The van der Waals surface area contributed by atoms with E-state index < -0.39 is 17.4 Å². The molecule has 122 valence electrons. The van der Waals surface area contributed by atoms with Crippen LogP contribution in [-0.2, 0) is 4.74 Å². The number of benzene rings is 1. The number of para-hydroxylation sites is 1. The molecule has 0 aliphatic carbocycles. The highest BCUT2D eigenvalue weighted by atomic mass is 16.5. The summed E-state index contributed by atoms with van der Waals surface area (Å²) in [6.45, 7) is 2.15. The van der Waals surface area contributed by atoms with Gasteiger partial charge in [0.05, 0.1) is 19.1 Å². The van der Waals surface area contributed by atoms with Crippen molar-refractivity contribution in [3.63, 3.8) is 0 Å². The Morgan fingerprint density at radius 2 is 2.09 bits per heavy atom. The van der Waals surface area contributed by atoms with Crippen molar-refractivity contribution in [1.82, 2.24) is 5.32 Å². The summed E-state index contributed by atoms with van der Waals surface area (Å²) < 4.78 is 15.2. The number of rotatable bonds is 5. The first-order valence-corrected chi connectivity index (χ1v) is 7.15. The molecule has 0 radical (unpaired) electrons. The number of hydrogen-bond acceptors (Lipinski definition) is 6. The molecule has 2 amide bonds. The second-order valence-corrected chi connectivity index (χ2v) is 4.76. The van der Waals surface area contributed by atoms with Crippen molar-refractivity contribution >= 4 is 23.0 Å². The molecule has 0 atom stereocenters. The standard InChI is InChI=1S/C16H17NO6/c1-3-4-8-22-16(20)17-15(19)11-9-23-14-10(13(11)18)6-5-7-12(14)21-2/h5-7,9H,3-4,8H2,1-2H3,(H,17,19,20). The first-order valence-electron chi connectivity index (χ1n) is 7.15. The molecule has 0 aliphatic rings. The van der Waals surface area contributed by atoms with Gasteiger partial charge in [-0.15, -0.1) is 0 Å². The molecule has 7 nitrogen and oxygen atoms in total. The van der Waals surface area contributed by atoms with Crippen LogP contribution < -0.4 is 15.5 Å². The quantitative estimate of drug-likeness (QED) is 0.851. The number of nitrogens with one attached hydrogen (secondary N) is 1. The second-order valence-electron chi connectivity index (χ2n) is 4.76. The van der Waals surface area contributed by atoms with Crippen molar-refractivity contribution in [1.29, 1.82) is 0 Å². The predicted molar refractivity (Wildman–Crippen MR) is 82.8 cm³/mol. The summed E-state index contributed by atoms with van der Waals surface area (Å²) in [6.07, 6.45) is 1.66. The molecule has 0 fully saturated rings. The number of amides is 2. The van der Waals surface area contributed by atoms with E-state index in [1.165, 1.54) is 13.2 Å². The van der Waals surface area contributed by atoms with Crippen LogP contribution in [0.4, 0.5) is 4.79 Å². The fourth-order valence-electron chi connectivity index (χ4n) is 1.96. The lowest BCUT2D eigenvalue weighted by Gasteiger charge is -2.07. The van der Waals surface area contributed by atoms with E-state index in [1.807, 2.05) is 12.2 Å². The summed E-state index contributed by atoms with van der Waals surface area (Å²) in [5.74, 6) is -0.490. The van der Waals surface area contributed by atoms with Crippen LogP contribution in [0.3, 0.4) is 0 Å². The van der Waals surface area contributed by atoms with Crippen LogP contribution in [0.15, 0.2) is 33.7 Å². The van der Waals surface area contributed by atoms with E-state index in [1.54, 1.807) is 12.1 Å². The maximum Gasteiger partial charge on any atom is 0.414 e. The molecule has 1 aromatic carbocycles. The largest absolute Gasteiger partial charge is 0.493 e. The van der Waals surface area contributed by atoms with Crippen LogP contribution in [0.1, 0.15) is 30.1 Å². The molecule has 7 heteroatoms.